The summed E-state index contributed by atoms with van der Waals surface area (Å²) in [5.74, 6) is -1.16. The van der Waals surface area contributed by atoms with Crippen molar-refractivity contribution >= 4 is 29.5 Å². The molecule has 1 amide bonds. The number of nitrogens with zero attached hydrogens (tertiary/aromatic N) is 4. The molecule has 2 N–H and O–H groups in total. The maximum Gasteiger partial charge on any atom is 0.271 e. The molecule has 0 saturated heterocycles. The number of anilines is 1. The number of amides is 1. The van der Waals surface area contributed by atoms with E-state index in [2.05, 4.69) is 26.7 Å². The van der Waals surface area contributed by atoms with Gasteiger partial charge in [-0.05, 0) is 50.0 Å². The molecule has 3 saturated carbocycles. The first kappa shape index (κ1) is 20.2. The number of ether oxygens (including phenoxy) is 1. The second-order valence-electron chi connectivity index (χ2n) is 8.52. The molecular weight excluding hydrogens is 435 g/mol. The van der Waals surface area contributed by atoms with Gasteiger partial charge in [-0.1, -0.05) is 11.6 Å². The Kier molecular flexibility index (Phi) is 4.37. The molecule has 2 heterocycles. The van der Waals surface area contributed by atoms with Crippen molar-refractivity contribution in [3.05, 3.63) is 45.9 Å². The molecule has 1 atom stereocenters. The van der Waals surface area contributed by atoms with E-state index in [9.17, 15) is 14.4 Å². The lowest BCUT2D eigenvalue weighted by Crippen LogP contribution is -2.70. The predicted molar refractivity (Wildman–Crippen MR) is 112 cm³/mol. The van der Waals surface area contributed by atoms with Crippen molar-refractivity contribution in [1.82, 2.24) is 15.3 Å². The first-order chi connectivity index (χ1) is 15.3. The van der Waals surface area contributed by atoms with E-state index in [1.54, 1.807) is 6.92 Å². The molecule has 0 unspecified atom stereocenters. The fraction of sp³-hybridized carbons (Fsp3) is 0.318. The molecule has 10 heteroatoms. The van der Waals surface area contributed by atoms with E-state index in [4.69, 9.17) is 21.6 Å². The highest BCUT2D eigenvalue weighted by Gasteiger charge is 2.69. The van der Waals surface area contributed by atoms with Crippen LogP contribution in [0.15, 0.2) is 18.2 Å². The van der Waals surface area contributed by atoms with Gasteiger partial charge in [0.15, 0.2) is 11.6 Å². The van der Waals surface area contributed by atoms with Gasteiger partial charge in [0.25, 0.3) is 5.91 Å². The molecule has 2 aromatic rings. The first-order valence-corrected chi connectivity index (χ1v) is 10.3. The average Bonchev–Trinajstić information content (AvgIpc) is 2.98. The van der Waals surface area contributed by atoms with E-state index in [1.807, 2.05) is 6.07 Å². The number of carbonyl (C=O) groups is 1. The van der Waals surface area contributed by atoms with Gasteiger partial charge in [0.1, 0.15) is 5.69 Å². The van der Waals surface area contributed by atoms with E-state index in [0.717, 1.165) is 0 Å². The maximum absolute atomic E-state index is 14.8. The molecule has 1 aromatic carbocycles. The smallest absolute Gasteiger partial charge is 0.271 e. The maximum atomic E-state index is 14.8. The summed E-state index contributed by atoms with van der Waals surface area (Å²) in [7, 11) is 0. The van der Waals surface area contributed by atoms with Crippen molar-refractivity contribution in [3.63, 3.8) is 0 Å². The molecule has 3 fully saturated rings. The van der Waals surface area contributed by atoms with Gasteiger partial charge in [-0.25, -0.2) is 9.37 Å². The Morgan fingerprint density at radius 1 is 1.34 bits per heavy atom. The molecule has 2 bridgehead atoms. The lowest BCUT2D eigenvalue weighted by Gasteiger charge is -2.66. The van der Waals surface area contributed by atoms with Gasteiger partial charge in [0, 0.05) is 11.6 Å². The molecule has 0 radical (unpaired) electrons. The molecule has 3 aliphatic carbocycles. The van der Waals surface area contributed by atoms with Gasteiger partial charge in [-0.15, -0.1) is 0 Å². The molecule has 1 aromatic heterocycles. The molecule has 1 aliphatic heterocycles. The van der Waals surface area contributed by atoms with Crippen LogP contribution in [0.5, 0.6) is 11.6 Å². The topological polar surface area (TPSA) is 124 Å². The zero-order chi connectivity index (χ0) is 22.7. The lowest BCUT2D eigenvalue weighted by atomic mass is 9.40. The normalized spacial score (nSPS) is 26.9. The Balaban J connectivity index is 1.50. The minimum atomic E-state index is -0.739. The van der Waals surface area contributed by atoms with Gasteiger partial charge in [-0.2, -0.15) is 15.5 Å². The Hall–Kier alpha value is -3.69. The Morgan fingerprint density at radius 2 is 2.09 bits per heavy atom. The highest BCUT2D eigenvalue weighted by molar-refractivity contribution is 6.32. The van der Waals surface area contributed by atoms with Crippen LogP contribution < -0.4 is 15.4 Å². The Labute approximate surface area is 187 Å². The van der Waals surface area contributed by atoms with E-state index < -0.39 is 11.9 Å². The molecule has 0 spiro atoms. The number of hydrogen-bond donors (Lipinski definition) is 2. The third-order valence-corrected chi connectivity index (χ3v) is 6.40. The van der Waals surface area contributed by atoms with Gasteiger partial charge < -0.3 is 15.4 Å². The largest absolute Gasteiger partial charge is 0.434 e. The summed E-state index contributed by atoms with van der Waals surface area (Å²) in [5, 5.41) is 23.9. The second kappa shape index (κ2) is 6.91. The van der Waals surface area contributed by atoms with Gasteiger partial charge >= 0.3 is 0 Å². The molecular formula is C22H16ClFN6O2. The molecule has 4 aliphatic rings. The van der Waals surface area contributed by atoms with Crippen molar-refractivity contribution in [3.8, 4) is 23.8 Å². The van der Waals surface area contributed by atoms with Crippen LogP contribution in [0, 0.1) is 33.9 Å². The first-order valence-electron chi connectivity index (χ1n) is 9.92. The van der Waals surface area contributed by atoms with Gasteiger partial charge in [-0.3, -0.25) is 4.79 Å². The van der Waals surface area contributed by atoms with Crippen LogP contribution in [-0.2, 0) is 0 Å². The van der Waals surface area contributed by atoms with Crippen LogP contribution in [-0.4, -0.2) is 21.4 Å². The quantitative estimate of drug-likeness (QED) is 0.652. The fourth-order valence-corrected chi connectivity index (χ4v) is 5.02. The molecule has 8 nitrogen and oxygen atoms in total. The van der Waals surface area contributed by atoms with Crippen molar-refractivity contribution in [1.29, 1.82) is 10.5 Å². The number of nitriles is 2. The van der Waals surface area contributed by atoms with E-state index in [-0.39, 0.29) is 45.2 Å². The molecule has 160 valence electrons. The summed E-state index contributed by atoms with van der Waals surface area (Å²) < 4.78 is 20.6. The van der Waals surface area contributed by atoms with E-state index in [1.165, 1.54) is 24.3 Å². The van der Waals surface area contributed by atoms with Gasteiger partial charge in [0.2, 0.25) is 11.8 Å². The van der Waals surface area contributed by atoms with Crippen LogP contribution in [0.3, 0.4) is 0 Å². The van der Waals surface area contributed by atoms with Crippen molar-refractivity contribution in [2.75, 3.05) is 5.32 Å². The average molecular weight is 451 g/mol. The van der Waals surface area contributed by atoms with Crippen LogP contribution in [0.25, 0.3) is 6.08 Å². The molecule has 32 heavy (non-hydrogen) atoms. The summed E-state index contributed by atoms with van der Waals surface area (Å²) in [6.07, 6.45) is 4.70. The lowest BCUT2D eigenvalue weighted by molar-refractivity contribution is -0.0665. The van der Waals surface area contributed by atoms with Crippen LogP contribution in [0.2, 0.25) is 5.02 Å². The van der Waals surface area contributed by atoms with Crippen molar-refractivity contribution in [2.45, 2.75) is 37.8 Å². The Bertz CT molecular complexity index is 1250. The highest BCUT2D eigenvalue weighted by Crippen LogP contribution is 2.67. The van der Waals surface area contributed by atoms with Crippen LogP contribution in [0.1, 0.15) is 53.8 Å². The van der Waals surface area contributed by atoms with E-state index >= 15 is 0 Å². The zero-order valence-electron chi connectivity index (χ0n) is 16.9. The highest BCUT2D eigenvalue weighted by atomic mass is 35.5. The van der Waals surface area contributed by atoms with Crippen LogP contribution in [0.4, 0.5) is 10.3 Å². The number of rotatable bonds is 5. The van der Waals surface area contributed by atoms with Crippen molar-refractivity contribution in [2.24, 2.45) is 5.41 Å². The van der Waals surface area contributed by atoms with Crippen molar-refractivity contribution < 1.29 is 13.9 Å². The number of benzene rings is 1. The van der Waals surface area contributed by atoms with E-state index in [0.29, 0.717) is 30.4 Å². The fourth-order valence-electron chi connectivity index (χ4n) is 4.76. The minimum absolute atomic E-state index is 0.00946. The third-order valence-electron chi connectivity index (χ3n) is 6.12. The third kappa shape index (κ3) is 3.05. The number of aromatic nitrogens is 2. The number of halogens is 2. The summed E-state index contributed by atoms with van der Waals surface area (Å²) >= 11 is 6.24. The summed E-state index contributed by atoms with van der Waals surface area (Å²) in [4.78, 5) is 21.2. The minimum Gasteiger partial charge on any atom is -0.434 e. The monoisotopic (exact) mass is 450 g/mol. The summed E-state index contributed by atoms with van der Waals surface area (Å²) in [5.41, 5.74) is 0.427. The number of hydrogen-bond acceptors (Lipinski definition) is 7. The summed E-state index contributed by atoms with van der Waals surface area (Å²) in [6, 6.07) is 6.38. The number of allylic oxidation sites excluding steroid dienone is 1. The second-order valence-corrected chi connectivity index (χ2v) is 8.92. The number of fused-ring (bicyclic) bond motifs is 1. The molecule has 6 rings (SSSR count). The van der Waals surface area contributed by atoms with Crippen LogP contribution >= 0.6 is 11.6 Å². The Morgan fingerprint density at radius 3 is 2.75 bits per heavy atom. The van der Waals surface area contributed by atoms with Gasteiger partial charge in [0.05, 0.1) is 34.2 Å². The summed E-state index contributed by atoms with van der Waals surface area (Å²) in [6.45, 7) is 1.75. The number of carbonyl (C=O) groups excluding carboxylic acids is 1. The standard InChI is InChI=1S/C22H16ClFN6O2/c1-11-15-16(18(31)27-11)28-20(30-22-7-21(8-22,9-22)10-26)29-19(15)32-17-13(23)5-12(3-2-4-25)6-14(17)24/h2-3,5-6,11H,7-9H2,1H3,(H,27,31)(H,28,29,30)/b3-2+/t11-,21?,22?/m0/s1. The SMILES string of the molecule is C[C@@H]1NC(=O)c2nc(NC34CC(C#N)(C3)C4)nc(Oc3c(F)cc(/C=C/C#N)cc3Cl)c21. The zero-order valence-corrected chi connectivity index (χ0v) is 17.6. The number of nitrogens with one attached hydrogen (secondary N) is 2. The predicted octanol–water partition coefficient (Wildman–Crippen LogP) is 4.26.